The second-order valence-corrected chi connectivity index (χ2v) is 3.87. The molecule has 78 valence electrons. The molecule has 0 unspecified atom stereocenters. The van der Waals surface area contributed by atoms with Gasteiger partial charge in [0, 0.05) is 17.8 Å². The minimum absolute atomic E-state index is 0.641. The Morgan fingerprint density at radius 2 is 2.00 bits per heavy atom. The van der Waals surface area contributed by atoms with Crippen LogP contribution in [0.1, 0.15) is 0 Å². The summed E-state index contributed by atoms with van der Waals surface area (Å²) in [7, 11) is 0. The van der Waals surface area contributed by atoms with Gasteiger partial charge in [-0.3, -0.25) is 4.98 Å². The molecule has 1 aromatic carbocycles. The minimum atomic E-state index is 0.641. The first kappa shape index (κ1) is 9.36. The van der Waals surface area contributed by atoms with Crippen LogP contribution in [0.4, 0.5) is 0 Å². The lowest BCUT2D eigenvalue weighted by atomic mass is 10.3. The Hall–Kier alpha value is -1.87. The molecule has 3 rings (SSSR count). The second-order valence-electron chi connectivity index (χ2n) is 3.46. The van der Waals surface area contributed by atoms with Crippen molar-refractivity contribution in [1.29, 1.82) is 0 Å². The Balaban J connectivity index is 2.23. The molecule has 2 aromatic heterocycles. The SMILES string of the molecule is Clc1ccncc1-n1cc2ccccc2n1. The molecule has 0 N–H and O–H groups in total. The Bertz CT molecular complexity index is 612. The summed E-state index contributed by atoms with van der Waals surface area (Å²) in [6.07, 6.45) is 5.31. The van der Waals surface area contributed by atoms with Crippen LogP contribution in [-0.4, -0.2) is 14.8 Å². The number of fused-ring (bicyclic) bond motifs is 1. The van der Waals surface area contributed by atoms with Gasteiger partial charge in [0.25, 0.3) is 0 Å². The van der Waals surface area contributed by atoms with Gasteiger partial charge in [0.2, 0.25) is 0 Å². The predicted octanol–water partition coefficient (Wildman–Crippen LogP) is 3.07. The highest BCUT2D eigenvalue weighted by molar-refractivity contribution is 6.32. The van der Waals surface area contributed by atoms with Gasteiger partial charge in [-0.2, -0.15) is 5.10 Å². The van der Waals surface area contributed by atoms with Crippen molar-refractivity contribution in [3.63, 3.8) is 0 Å². The quantitative estimate of drug-likeness (QED) is 0.642. The molecular weight excluding hydrogens is 222 g/mol. The second kappa shape index (κ2) is 3.61. The van der Waals surface area contributed by atoms with E-state index in [-0.39, 0.29) is 0 Å². The number of pyridine rings is 1. The van der Waals surface area contributed by atoms with Crippen molar-refractivity contribution in [2.24, 2.45) is 0 Å². The van der Waals surface area contributed by atoms with Crippen LogP contribution in [0, 0.1) is 0 Å². The third-order valence-corrected chi connectivity index (χ3v) is 2.73. The van der Waals surface area contributed by atoms with Crippen molar-refractivity contribution in [2.75, 3.05) is 0 Å². The summed E-state index contributed by atoms with van der Waals surface area (Å²) < 4.78 is 1.75. The van der Waals surface area contributed by atoms with Crippen LogP contribution in [0.15, 0.2) is 48.9 Å². The Kier molecular flexibility index (Phi) is 2.11. The van der Waals surface area contributed by atoms with E-state index in [4.69, 9.17) is 11.6 Å². The molecule has 0 amide bonds. The van der Waals surface area contributed by atoms with E-state index in [2.05, 4.69) is 10.1 Å². The van der Waals surface area contributed by atoms with Crippen molar-refractivity contribution in [2.45, 2.75) is 0 Å². The molecule has 0 atom stereocenters. The summed E-state index contributed by atoms with van der Waals surface area (Å²) >= 11 is 6.09. The Morgan fingerprint density at radius 3 is 2.81 bits per heavy atom. The Morgan fingerprint density at radius 1 is 1.12 bits per heavy atom. The van der Waals surface area contributed by atoms with Gasteiger partial charge in [-0.05, 0) is 12.1 Å². The number of aromatic nitrogens is 3. The third kappa shape index (κ3) is 1.46. The van der Waals surface area contributed by atoms with E-state index in [1.807, 2.05) is 30.5 Å². The zero-order valence-corrected chi connectivity index (χ0v) is 9.09. The van der Waals surface area contributed by atoms with Crippen molar-refractivity contribution < 1.29 is 0 Å². The zero-order chi connectivity index (χ0) is 11.0. The predicted molar refractivity (Wildman–Crippen MR) is 63.9 cm³/mol. The highest BCUT2D eigenvalue weighted by atomic mass is 35.5. The monoisotopic (exact) mass is 229 g/mol. The normalized spacial score (nSPS) is 10.8. The molecule has 2 heterocycles. The summed E-state index contributed by atoms with van der Waals surface area (Å²) in [5.41, 5.74) is 1.74. The van der Waals surface area contributed by atoms with Gasteiger partial charge < -0.3 is 0 Å². The summed E-state index contributed by atoms with van der Waals surface area (Å²) in [5.74, 6) is 0. The van der Waals surface area contributed by atoms with Crippen LogP contribution >= 0.6 is 11.6 Å². The molecule has 16 heavy (non-hydrogen) atoms. The fourth-order valence-electron chi connectivity index (χ4n) is 1.63. The minimum Gasteiger partial charge on any atom is -0.262 e. The van der Waals surface area contributed by atoms with Gasteiger partial charge in [0.1, 0.15) is 5.69 Å². The average Bonchev–Trinajstić information content (AvgIpc) is 2.73. The first-order valence-electron chi connectivity index (χ1n) is 4.89. The van der Waals surface area contributed by atoms with E-state index in [1.54, 1.807) is 23.1 Å². The maximum Gasteiger partial charge on any atom is 0.101 e. The van der Waals surface area contributed by atoms with E-state index in [0.29, 0.717) is 5.02 Å². The molecule has 0 spiro atoms. The average molecular weight is 230 g/mol. The van der Waals surface area contributed by atoms with Crippen LogP contribution in [0.3, 0.4) is 0 Å². The maximum atomic E-state index is 6.09. The Labute approximate surface area is 97.3 Å². The molecule has 3 nitrogen and oxygen atoms in total. The van der Waals surface area contributed by atoms with Crippen LogP contribution in [0.25, 0.3) is 16.6 Å². The van der Waals surface area contributed by atoms with Gasteiger partial charge in [-0.25, -0.2) is 4.68 Å². The number of rotatable bonds is 1. The first-order valence-corrected chi connectivity index (χ1v) is 5.27. The number of nitrogens with zero attached hydrogens (tertiary/aromatic N) is 3. The molecule has 4 heteroatoms. The number of hydrogen-bond donors (Lipinski definition) is 0. The number of benzene rings is 1. The van der Waals surface area contributed by atoms with Crippen molar-refractivity contribution in [1.82, 2.24) is 14.8 Å². The van der Waals surface area contributed by atoms with E-state index < -0.39 is 0 Å². The molecule has 0 aliphatic carbocycles. The first-order chi connectivity index (χ1) is 7.84. The maximum absolute atomic E-state index is 6.09. The van der Waals surface area contributed by atoms with E-state index in [1.165, 1.54) is 0 Å². The summed E-state index contributed by atoms with van der Waals surface area (Å²) in [5, 5.41) is 6.16. The molecule has 0 saturated heterocycles. The highest BCUT2D eigenvalue weighted by Gasteiger charge is 2.05. The summed E-state index contributed by atoms with van der Waals surface area (Å²) in [6, 6.07) is 9.69. The molecule has 0 fully saturated rings. The lowest BCUT2D eigenvalue weighted by Crippen LogP contribution is -1.95. The van der Waals surface area contributed by atoms with Crippen LogP contribution in [0.5, 0.6) is 0 Å². The molecule has 0 radical (unpaired) electrons. The van der Waals surface area contributed by atoms with Crippen molar-refractivity contribution >= 4 is 22.5 Å². The van der Waals surface area contributed by atoms with Gasteiger partial charge in [-0.15, -0.1) is 0 Å². The lowest BCUT2D eigenvalue weighted by Gasteiger charge is -2.01. The topological polar surface area (TPSA) is 30.7 Å². The molecular formula is C12H8ClN3. The third-order valence-electron chi connectivity index (χ3n) is 2.41. The van der Waals surface area contributed by atoms with Crippen LogP contribution in [0.2, 0.25) is 5.02 Å². The smallest absolute Gasteiger partial charge is 0.101 e. The highest BCUT2D eigenvalue weighted by Crippen LogP contribution is 2.20. The standard InChI is InChI=1S/C12H8ClN3/c13-10-5-6-14-7-12(10)16-8-9-3-1-2-4-11(9)15-16/h1-8H. The fourth-order valence-corrected chi connectivity index (χ4v) is 1.82. The van der Waals surface area contributed by atoms with Gasteiger partial charge >= 0.3 is 0 Å². The largest absolute Gasteiger partial charge is 0.262 e. The fraction of sp³-hybridized carbons (Fsp3) is 0. The number of halogens is 1. The van der Waals surface area contributed by atoms with Crippen molar-refractivity contribution in [3.8, 4) is 5.69 Å². The molecule has 3 aromatic rings. The summed E-state index contributed by atoms with van der Waals surface area (Å²) in [4.78, 5) is 4.05. The molecule has 0 aliphatic rings. The van der Waals surface area contributed by atoms with Crippen LogP contribution in [-0.2, 0) is 0 Å². The lowest BCUT2D eigenvalue weighted by molar-refractivity contribution is 0.889. The van der Waals surface area contributed by atoms with E-state index in [9.17, 15) is 0 Å². The van der Waals surface area contributed by atoms with Gasteiger partial charge in [0.15, 0.2) is 0 Å². The van der Waals surface area contributed by atoms with Crippen molar-refractivity contribution in [3.05, 3.63) is 53.9 Å². The van der Waals surface area contributed by atoms with Crippen LogP contribution < -0.4 is 0 Å². The zero-order valence-electron chi connectivity index (χ0n) is 8.34. The molecule has 0 saturated carbocycles. The van der Waals surface area contributed by atoms with E-state index >= 15 is 0 Å². The van der Waals surface area contributed by atoms with E-state index in [0.717, 1.165) is 16.6 Å². The molecule has 0 aliphatic heterocycles. The summed E-state index contributed by atoms with van der Waals surface area (Å²) in [6.45, 7) is 0. The van der Waals surface area contributed by atoms with Gasteiger partial charge in [-0.1, -0.05) is 29.8 Å². The van der Waals surface area contributed by atoms with Gasteiger partial charge in [0.05, 0.1) is 16.7 Å². The molecule has 0 bridgehead atoms. The number of hydrogen-bond acceptors (Lipinski definition) is 2.